The molecule has 0 amide bonds. The van der Waals surface area contributed by atoms with Crippen LogP contribution >= 0.6 is 0 Å². The lowest BCUT2D eigenvalue weighted by Crippen LogP contribution is -2.28. The first-order chi connectivity index (χ1) is 6.33. The zero-order valence-corrected chi connectivity index (χ0v) is 7.82. The van der Waals surface area contributed by atoms with Crippen LogP contribution in [0.25, 0.3) is 0 Å². The second kappa shape index (κ2) is 3.47. The first-order valence-corrected chi connectivity index (χ1v) is 4.69. The zero-order valence-electron chi connectivity index (χ0n) is 7.82. The highest BCUT2D eigenvalue weighted by molar-refractivity contribution is 5.24. The summed E-state index contributed by atoms with van der Waals surface area (Å²) in [6.45, 7) is 4.85. The third-order valence-electron chi connectivity index (χ3n) is 2.57. The van der Waals surface area contributed by atoms with Gasteiger partial charge in [-0.1, -0.05) is 6.92 Å². The Labute approximate surface area is 77.6 Å². The minimum Gasteiger partial charge on any atom is -0.394 e. The molecule has 1 unspecified atom stereocenters. The van der Waals surface area contributed by atoms with E-state index in [1.807, 2.05) is 10.9 Å². The quantitative estimate of drug-likeness (QED) is 0.679. The van der Waals surface area contributed by atoms with Crippen LogP contribution in [0.1, 0.15) is 24.1 Å². The molecule has 0 spiro atoms. The van der Waals surface area contributed by atoms with Crippen molar-refractivity contribution in [3.05, 3.63) is 17.5 Å². The fourth-order valence-corrected chi connectivity index (χ4v) is 1.83. The van der Waals surface area contributed by atoms with Crippen LogP contribution < -0.4 is 5.32 Å². The molecule has 13 heavy (non-hydrogen) atoms. The lowest BCUT2D eigenvalue weighted by molar-refractivity contribution is 0.266. The number of fused-ring (bicyclic) bond motifs is 1. The molecule has 1 aromatic rings. The molecule has 2 rings (SSSR count). The summed E-state index contributed by atoms with van der Waals surface area (Å²) in [5.41, 5.74) is 2.56. The maximum absolute atomic E-state index is 8.82. The molecule has 0 aromatic carbocycles. The van der Waals surface area contributed by atoms with Crippen molar-refractivity contribution in [1.29, 1.82) is 0 Å². The number of hydrogen-bond donors (Lipinski definition) is 2. The molecule has 4 heteroatoms. The van der Waals surface area contributed by atoms with Gasteiger partial charge < -0.3 is 10.4 Å². The van der Waals surface area contributed by atoms with Gasteiger partial charge in [0.1, 0.15) is 0 Å². The highest BCUT2D eigenvalue weighted by Gasteiger charge is 2.19. The molecule has 0 bridgehead atoms. The van der Waals surface area contributed by atoms with Gasteiger partial charge in [-0.15, -0.1) is 0 Å². The van der Waals surface area contributed by atoms with Crippen molar-refractivity contribution in [2.45, 2.75) is 25.9 Å². The van der Waals surface area contributed by atoms with E-state index in [1.165, 1.54) is 11.3 Å². The van der Waals surface area contributed by atoms with Gasteiger partial charge in [-0.3, -0.25) is 4.68 Å². The van der Waals surface area contributed by atoms with E-state index in [4.69, 9.17) is 5.11 Å². The Morgan fingerprint density at radius 1 is 1.77 bits per heavy atom. The highest BCUT2D eigenvalue weighted by atomic mass is 16.3. The number of rotatable bonds is 2. The van der Waals surface area contributed by atoms with Crippen molar-refractivity contribution >= 4 is 0 Å². The largest absolute Gasteiger partial charge is 0.394 e. The third kappa shape index (κ3) is 1.47. The second-order valence-corrected chi connectivity index (χ2v) is 3.53. The summed E-state index contributed by atoms with van der Waals surface area (Å²) in [5, 5.41) is 16.4. The number of nitrogens with one attached hydrogen (secondary N) is 1. The van der Waals surface area contributed by atoms with Crippen molar-refractivity contribution in [2.24, 2.45) is 0 Å². The van der Waals surface area contributed by atoms with Gasteiger partial charge in [-0.05, 0) is 11.5 Å². The Balaban J connectivity index is 2.30. The minimum absolute atomic E-state index is 0.155. The van der Waals surface area contributed by atoms with Gasteiger partial charge in [-0.25, -0.2) is 0 Å². The van der Waals surface area contributed by atoms with Gasteiger partial charge in [0.25, 0.3) is 0 Å². The van der Waals surface area contributed by atoms with Crippen molar-refractivity contribution < 1.29 is 5.11 Å². The Kier molecular flexibility index (Phi) is 2.33. The molecule has 1 aliphatic rings. The molecule has 4 nitrogen and oxygen atoms in total. The van der Waals surface area contributed by atoms with Gasteiger partial charge in [0.15, 0.2) is 0 Å². The molecule has 0 aliphatic carbocycles. The fourth-order valence-electron chi connectivity index (χ4n) is 1.83. The van der Waals surface area contributed by atoms with Crippen LogP contribution in [0.15, 0.2) is 6.20 Å². The molecule has 2 heterocycles. The average Bonchev–Trinajstić information content (AvgIpc) is 2.51. The molecule has 0 radical (unpaired) electrons. The molecule has 1 aliphatic heterocycles. The van der Waals surface area contributed by atoms with Crippen molar-refractivity contribution in [1.82, 2.24) is 15.1 Å². The zero-order chi connectivity index (χ0) is 9.26. The van der Waals surface area contributed by atoms with Crippen LogP contribution in [-0.2, 0) is 13.1 Å². The first-order valence-electron chi connectivity index (χ1n) is 4.69. The molecular formula is C9H15N3O. The van der Waals surface area contributed by atoms with E-state index < -0.39 is 0 Å². The molecular weight excluding hydrogens is 166 g/mol. The van der Waals surface area contributed by atoms with Crippen LogP contribution in [0.2, 0.25) is 0 Å². The van der Waals surface area contributed by atoms with Crippen LogP contribution in [0, 0.1) is 0 Å². The van der Waals surface area contributed by atoms with Crippen LogP contribution in [0.4, 0.5) is 0 Å². The number of hydrogen-bond acceptors (Lipinski definition) is 3. The maximum atomic E-state index is 8.82. The molecule has 0 saturated carbocycles. The number of aromatic nitrogens is 2. The standard InChI is InChI=1S/C9H15N3O/c1-7-4-10-6-9-8(7)5-11-12(9)2-3-13/h5,7,10,13H,2-4,6H2,1H3. The smallest absolute Gasteiger partial charge is 0.0644 e. The molecule has 0 saturated heterocycles. The number of aliphatic hydroxyl groups is 1. The van der Waals surface area contributed by atoms with E-state index in [0.717, 1.165) is 13.1 Å². The normalized spacial score (nSPS) is 21.5. The van der Waals surface area contributed by atoms with Crippen LogP contribution in [0.3, 0.4) is 0 Å². The Morgan fingerprint density at radius 3 is 3.38 bits per heavy atom. The van der Waals surface area contributed by atoms with Gasteiger partial charge >= 0.3 is 0 Å². The molecule has 0 fully saturated rings. The van der Waals surface area contributed by atoms with E-state index in [2.05, 4.69) is 17.3 Å². The van der Waals surface area contributed by atoms with E-state index in [1.54, 1.807) is 0 Å². The number of aliphatic hydroxyl groups excluding tert-OH is 1. The van der Waals surface area contributed by atoms with Gasteiger partial charge in [0.05, 0.1) is 25.0 Å². The first kappa shape index (κ1) is 8.72. The Bertz CT molecular complexity index is 295. The molecule has 72 valence electrons. The number of nitrogens with zero attached hydrogens (tertiary/aromatic N) is 2. The van der Waals surface area contributed by atoms with Crippen LogP contribution in [0.5, 0.6) is 0 Å². The summed E-state index contributed by atoms with van der Waals surface area (Å²) in [6.07, 6.45) is 1.93. The molecule has 1 aromatic heterocycles. The van der Waals surface area contributed by atoms with Gasteiger partial charge in [-0.2, -0.15) is 5.10 Å². The van der Waals surface area contributed by atoms with E-state index in [0.29, 0.717) is 12.5 Å². The Hall–Kier alpha value is -0.870. The lowest BCUT2D eigenvalue weighted by atomic mass is 9.98. The van der Waals surface area contributed by atoms with Crippen LogP contribution in [-0.4, -0.2) is 28.0 Å². The van der Waals surface area contributed by atoms with Gasteiger partial charge in [0, 0.05) is 13.1 Å². The highest BCUT2D eigenvalue weighted by Crippen LogP contribution is 2.22. The fraction of sp³-hybridized carbons (Fsp3) is 0.667. The summed E-state index contributed by atoms with van der Waals surface area (Å²) in [5.74, 6) is 0.538. The molecule has 1 atom stereocenters. The monoisotopic (exact) mass is 181 g/mol. The minimum atomic E-state index is 0.155. The third-order valence-corrected chi connectivity index (χ3v) is 2.57. The molecule has 2 N–H and O–H groups in total. The summed E-state index contributed by atoms with van der Waals surface area (Å²) < 4.78 is 1.89. The average molecular weight is 181 g/mol. The lowest BCUT2D eigenvalue weighted by Gasteiger charge is -2.20. The predicted molar refractivity (Wildman–Crippen MR) is 49.4 cm³/mol. The van der Waals surface area contributed by atoms with Crippen molar-refractivity contribution in [2.75, 3.05) is 13.2 Å². The second-order valence-electron chi connectivity index (χ2n) is 3.53. The predicted octanol–water partition coefficient (Wildman–Crippen LogP) is 0.0821. The van der Waals surface area contributed by atoms with E-state index >= 15 is 0 Å². The SMILES string of the molecule is CC1CNCc2c1cnn2CCO. The van der Waals surface area contributed by atoms with E-state index in [-0.39, 0.29) is 6.61 Å². The summed E-state index contributed by atoms with van der Waals surface area (Å²) in [7, 11) is 0. The van der Waals surface area contributed by atoms with Crippen molar-refractivity contribution in [3.63, 3.8) is 0 Å². The summed E-state index contributed by atoms with van der Waals surface area (Å²) in [4.78, 5) is 0. The summed E-state index contributed by atoms with van der Waals surface area (Å²) in [6, 6.07) is 0. The maximum Gasteiger partial charge on any atom is 0.0644 e. The Morgan fingerprint density at radius 2 is 2.62 bits per heavy atom. The van der Waals surface area contributed by atoms with Gasteiger partial charge in [0.2, 0.25) is 0 Å². The van der Waals surface area contributed by atoms with Crippen molar-refractivity contribution in [3.8, 4) is 0 Å². The summed E-state index contributed by atoms with van der Waals surface area (Å²) >= 11 is 0. The topological polar surface area (TPSA) is 50.1 Å². The van der Waals surface area contributed by atoms with E-state index in [9.17, 15) is 0 Å².